The van der Waals surface area contributed by atoms with Crippen LogP contribution in [-0.4, -0.2) is 33.9 Å². The Balaban J connectivity index is 0.00000225. The number of imidazole rings is 1. The Labute approximate surface area is 164 Å². The number of aryl methyl sites for hydroxylation is 1. The summed E-state index contributed by atoms with van der Waals surface area (Å²) in [4.78, 5) is 13.2. The van der Waals surface area contributed by atoms with Crippen LogP contribution in [0.15, 0.2) is 53.9 Å². The first-order chi connectivity index (χ1) is 11.8. The van der Waals surface area contributed by atoms with Crippen LogP contribution in [-0.2, 0) is 13.0 Å². The molecule has 3 aromatic rings. The van der Waals surface area contributed by atoms with Gasteiger partial charge in [0.25, 0.3) is 0 Å². The average Bonchev–Trinajstić information content (AvgIpc) is 3.03. The van der Waals surface area contributed by atoms with E-state index in [9.17, 15) is 0 Å². The first-order valence-electron chi connectivity index (χ1n) is 8.04. The largest absolute Gasteiger partial charge is 0.356 e. The lowest BCUT2D eigenvalue weighted by Crippen LogP contribution is -2.38. The molecule has 0 aliphatic heterocycles. The summed E-state index contributed by atoms with van der Waals surface area (Å²) >= 11 is 0. The molecule has 0 aliphatic rings. The van der Waals surface area contributed by atoms with Crippen LogP contribution in [0, 0.1) is 6.92 Å². The summed E-state index contributed by atoms with van der Waals surface area (Å²) in [6.07, 6.45) is 6.73. The molecule has 25 heavy (non-hydrogen) atoms. The highest BCUT2D eigenvalue weighted by Gasteiger charge is 2.04. The molecule has 0 fully saturated rings. The fraction of sp³-hybridized carbons (Fsp3) is 0.278. The Morgan fingerprint density at radius 2 is 2.04 bits per heavy atom. The third kappa shape index (κ3) is 5.15. The highest BCUT2D eigenvalue weighted by molar-refractivity contribution is 14.0. The van der Waals surface area contributed by atoms with Crippen molar-refractivity contribution < 1.29 is 0 Å². The molecule has 3 heterocycles. The molecule has 0 spiro atoms. The first kappa shape index (κ1) is 19.2. The average molecular weight is 450 g/mol. The van der Waals surface area contributed by atoms with E-state index in [1.54, 1.807) is 13.2 Å². The normalized spacial score (nSPS) is 11.2. The predicted octanol–water partition coefficient (Wildman–Crippen LogP) is 2.56. The number of aliphatic imine (C=N–C) groups is 1. The summed E-state index contributed by atoms with van der Waals surface area (Å²) in [5.74, 6) is 0.764. The van der Waals surface area contributed by atoms with Gasteiger partial charge in [-0.3, -0.25) is 9.98 Å². The fourth-order valence-electron chi connectivity index (χ4n) is 2.53. The number of guanidine groups is 1. The summed E-state index contributed by atoms with van der Waals surface area (Å²) in [6, 6.07) is 9.99. The van der Waals surface area contributed by atoms with Crippen LogP contribution in [0.3, 0.4) is 0 Å². The fourth-order valence-corrected chi connectivity index (χ4v) is 2.53. The van der Waals surface area contributed by atoms with Crippen molar-refractivity contribution in [2.45, 2.75) is 19.9 Å². The molecular formula is C18H23IN6. The number of fused-ring (bicyclic) bond motifs is 1. The van der Waals surface area contributed by atoms with Crippen LogP contribution in [0.2, 0.25) is 0 Å². The zero-order valence-corrected chi connectivity index (χ0v) is 16.8. The minimum absolute atomic E-state index is 0. The van der Waals surface area contributed by atoms with Crippen molar-refractivity contribution in [1.82, 2.24) is 25.0 Å². The SMILES string of the molecule is CN=C(NCCc1cn2cccc(C)c2n1)NCc1ccccn1.I. The smallest absolute Gasteiger partial charge is 0.191 e. The Kier molecular flexibility index (Phi) is 7.17. The third-order valence-electron chi connectivity index (χ3n) is 3.79. The van der Waals surface area contributed by atoms with E-state index in [0.29, 0.717) is 6.54 Å². The van der Waals surface area contributed by atoms with Crippen LogP contribution >= 0.6 is 24.0 Å². The van der Waals surface area contributed by atoms with Gasteiger partial charge in [0, 0.05) is 38.6 Å². The molecule has 6 nitrogen and oxygen atoms in total. The zero-order valence-electron chi connectivity index (χ0n) is 14.4. The van der Waals surface area contributed by atoms with Crippen molar-refractivity contribution in [3.8, 4) is 0 Å². The maximum absolute atomic E-state index is 4.68. The Morgan fingerprint density at radius 3 is 2.76 bits per heavy atom. The third-order valence-corrected chi connectivity index (χ3v) is 3.79. The van der Waals surface area contributed by atoms with Gasteiger partial charge in [-0.25, -0.2) is 4.98 Å². The van der Waals surface area contributed by atoms with Crippen molar-refractivity contribution in [2.24, 2.45) is 4.99 Å². The summed E-state index contributed by atoms with van der Waals surface area (Å²) < 4.78 is 2.07. The summed E-state index contributed by atoms with van der Waals surface area (Å²) in [5.41, 5.74) is 4.25. The van der Waals surface area contributed by atoms with Crippen molar-refractivity contribution in [2.75, 3.05) is 13.6 Å². The highest BCUT2D eigenvalue weighted by Crippen LogP contribution is 2.09. The molecule has 0 saturated heterocycles. The molecule has 0 bridgehead atoms. The number of hydrogen-bond acceptors (Lipinski definition) is 3. The van der Waals surface area contributed by atoms with Gasteiger partial charge in [-0.05, 0) is 30.7 Å². The Hall–Kier alpha value is -2.16. The highest BCUT2D eigenvalue weighted by atomic mass is 127. The van der Waals surface area contributed by atoms with Gasteiger partial charge in [-0.2, -0.15) is 0 Å². The van der Waals surface area contributed by atoms with E-state index in [4.69, 9.17) is 0 Å². The molecule has 0 saturated carbocycles. The van der Waals surface area contributed by atoms with Crippen molar-refractivity contribution in [3.05, 3.63) is 65.9 Å². The van der Waals surface area contributed by atoms with E-state index in [1.807, 2.05) is 30.5 Å². The molecule has 0 unspecified atom stereocenters. The van der Waals surface area contributed by atoms with E-state index in [2.05, 4.69) is 49.2 Å². The van der Waals surface area contributed by atoms with Gasteiger partial charge in [0.05, 0.1) is 17.9 Å². The molecule has 0 amide bonds. The van der Waals surface area contributed by atoms with E-state index in [0.717, 1.165) is 36.0 Å². The minimum atomic E-state index is 0. The number of pyridine rings is 2. The van der Waals surface area contributed by atoms with Gasteiger partial charge in [0.2, 0.25) is 0 Å². The lowest BCUT2D eigenvalue weighted by atomic mass is 10.3. The lowest BCUT2D eigenvalue weighted by Gasteiger charge is -2.10. The van der Waals surface area contributed by atoms with Crippen LogP contribution in [0.1, 0.15) is 17.0 Å². The van der Waals surface area contributed by atoms with Crippen molar-refractivity contribution in [3.63, 3.8) is 0 Å². The van der Waals surface area contributed by atoms with E-state index >= 15 is 0 Å². The van der Waals surface area contributed by atoms with E-state index in [-0.39, 0.29) is 24.0 Å². The Bertz CT molecular complexity index is 828. The molecule has 0 aliphatic carbocycles. The van der Waals surface area contributed by atoms with Crippen LogP contribution in [0.4, 0.5) is 0 Å². The van der Waals surface area contributed by atoms with E-state index < -0.39 is 0 Å². The van der Waals surface area contributed by atoms with Crippen LogP contribution < -0.4 is 10.6 Å². The van der Waals surface area contributed by atoms with Crippen LogP contribution in [0.5, 0.6) is 0 Å². The van der Waals surface area contributed by atoms with Gasteiger partial charge in [-0.15, -0.1) is 24.0 Å². The molecule has 0 radical (unpaired) electrons. The number of nitrogens with zero attached hydrogens (tertiary/aromatic N) is 4. The molecule has 7 heteroatoms. The number of aromatic nitrogens is 3. The summed E-state index contributed by atoms with van der Waals surface area (Å²) in [6.45, 7) is 3.49. The Morgan fingerprint density at radius 1 is 1.16 bits per heavy atom. The molecule has 0 aromatic carbocycles. The number of nitrogens with one attached hydrogen (secondary N) is 2. The van der Waals surface area contributed by atoms with Crippen LogP contribution in [0.25, 0.3) is 5.65 Å². The summed E-state index contributed by atoms with van der Waals surface area (Å²) in [7, 11) is 1.77. The molecular weight excluding hydrogens is 427 g/mol. The topological polar surface area (TPSA) is 66.6 Å². The number of halogens is 1. The van der Waals surface area contributed by atoms with Gasteiger partial charge in [0.15, 0.2) is 5.96 Å². The van der Waals surface area contributed by atoms with Gasteiger partial charge >= 0.3 is 0 Å². The van der Waals surface area contributed by atoms with Gasteiger partial charge in [-0.1, -0.05) is 12.1 Å². The van der Waals surface area contributed by atoms with Gasteiger partial charge in [0.1, 0.15) is 5.65 Å². The van der Waals surface area contributed by atoms with Gasteiger partial charge < -0.3 is 15.0 Å². The number of rotatable bonds is 5. The number of hydrogen-bond donors (Lipinski definition) is 2. The molecule has 3 aromatic heterocycles. The standard InChI is InChI=1S/C18H22N6.HI/c1-14-6-5-11-24-13-16(23-17(14)24)8-10-21-18(19-2)22-12-15-7-3-4-9-20-15;/h3-7,9,11,13H,8,10,12H2,1-2H3,(H2,19,21,22);1H. The minimum Gasteiger partial charge on any atom is -0.356 e. The maximum atomic E-state index is 4.68. The van der Waals surface area contributed by atoms with Crippen molar-refractivity contribution in [1.29, 1.82) is 0 Å². The molecule has 0 atom stereocenters. The predicted molar refractivity (Wildman–Crippen MR) is 111 cm³/mol. The second kappa shape index (κ2) is 9.36. The maximum Gasteiger partial charge on any atom is 0.191 e. The molecule has 2 N–H and O–H groups in total. The molecule has 3 rings (SSSR count). The first-order valence-corrected chi connectivity index (χ1v) is 8.04. The quantitative estimate of drug-likeness (QED) is 0.356. The second-order valence-electron chi connectivity index (χ2n) is 5.58. The second-order valence-corrected chi connectivity index (χ2v) is 5.58. The monoisotopic (exact) mass is 450 g/mol. The zero-order chi connectivity index (χ0) is 16.8. The van der Waals surface area contributed by atoms with E-state index in [1.165, 1.54) is 5.56 Å². The summed E-state index contributed by atoms with van der Waals surface area (Å²) in [5, 5.41) is 6.57. The van der Waals surface area contributed by atoms with Crippen molar-refractivity contribution >= 4 is 35.6 Å². The molecule has 132 valence electrons. The lowest BCUT2D eigenvalue weighted by molar-refractivity contribution is 0.777.